The van der Waals surface area contributed by atoms with Crippen molar-refractivity contribution in [1.29, 1.82) is 0 Å². The second kappa shape index (κ2) is 7.70. The highest BCUT2D eigenvalue weighted by atomic mass is 32.1. The highest BCUT2D eigenvalue weighted by Gasteiger charge is 2.18. The number of carbonyl (C=O) groups is 2. The first-order chi connectivity index (χ1) is 10.6. The van der Waals surface area contributed by atoms with Crippen molar-refractivity contribution in [2.75, 3.05) is 0 Å². The minimum Gasteiger partial charge on any atom is -0.352 e. The topological polar surface area (TPSA) is 58.2 Å². The summed E-state index contributed by atoms with van der Waals surface area (Å²) in [7, 11) is 0. The lowest BCUT2D eigenvalue weighted by Crippen LogP contribution is -2.32. The number of carbonyl (C=O) groups excluding carboxylic acids is 2. The van der Waals surface area contributed by atoms with Crippen LogP contribution in [0.3, 0.4) is 0 Å². The van der Waals surface area contributed by atoms with E-state index in [9.17, 15) is 14.0 Å². The summed E-state index contributed by atoms with van der Waals surface area (Å²) in [5.74, 6) is -0.782. The molecule has 0 saturated carbocycles. The van der Waals surface area contributed by atoms with E-state index in [0.717, 1.165) is 4.88 Å². The first-order valence-electron chi connectivity index (χ1n) is 6.87. The molecule has 0 bridgehead atoms. The molecule has 116 valence electrons. The quantitative estimate of drug-likeness (QED) is 0.860. The summed E-state index contributed by atoms with van der Waals surface area (Å²) in [5, 5.41) is 7.33. The van der Waals surface area contributed by atoms with Crippen molar-refractivity contribution >= 4 is 23.2 Å². The lowest BCUT2D eigenvalue weighted by atomic mass is 10.1. The Morgan fingerprint density at radius 1 is 1.23 bits per heavy atom. The number of amides is 2. The van der Waals surface area contributed by atoms with Gasteiger partial charge in [-0.3, -0.25) is 9.59 Å². The maximum absolute atomic E-state index is 13.5. The average Bonchev–Trinajstić information content (AvgIpc) is 2.99. The maximum Gasteiger partial charge on any atom is 0.222 e. The molecule has 22 heavy (non-hydrogen) atoms. The van der Waals surface area contributed by atoms with Gasteiger partial charge in [-0.05, 0) is 17.5 Å². The second-order valence-corrected chi connectivity index (χ2v) is 5.82. The van der Waals surface area contributed by atoms with Gasteiger partial charge < -0.3 is 10.6 Å². The fourth-order valence-corrected chi connectivity index (χ4v) is 2.83. The van der Waals surface area contributed by atoms with Gasteiger partial charge >= 0.3 is 0 Å². The van der Waals surface area contributed by atoms with E-state index in [1.54, 1.807) is 18.2 Å². The van der Waals surface area contributed by atoms with Gasteiger partial charge in [0, 0.05) is 23.9 Å². The molecule has 2 rings (SSSR count). The molecule has 2 aromatic rings. The van der Waals surface area contributed by atoms with E-state index in [0.29, 0.717) is 5.56 Å². The number of hydrogen-bond acceptors (Lipinski definition) is 3. The number of hydrogen-bond donors (Lipinski definition) is 2. The van der Waals surface area contributed by atoms with Crippen LogP contribution in [-0.4, -0.2) is 11.8 Å². The molecule has 1 heterocycles. The molecule has 0 fully saturated rings. The van der Waals surface area contributed by atoms with Crippen LogP contribution in [0.5, 0.6) is 0 Å². The zero-order valence-electron chi connectivity index (χ0n) is 12.1. The van der Waals surface area contributed by atoms with Crippen molar-refractivity contribution < 1.29 is 14.0 Å². The van der Waals surface area contributed by atoms with E-state index in [1.807, 2.05) is 17.5 Å². The van der Waals surface area contributed by atoms with Gasteiger partial charge in [-0.25, -0.2) is 4.39 Å². The van der Waals surface area contributed by atoms with Crippen LogP contribution in [-0.2, 0) is 16.1 Å². The van der Waals surface area contributed by atoms with Crippen LogP contribution in [0, 0.1) is 5.82 Å². The Balaban J connectivity index is 1.94. The van der Waals surface area contributed by atoms with E-state index in [-0.39, 0.29) is 36.6 Å². The van der Waals surface area contributed by atoms with Crippen LogP contribution in [0.15, 0.2) is 41.8 Å². The van der Waals surface area contributed by atoms with Crippen LogP contribution < -0.4 is 10.6 Å². The van der Waals surface area contributed by atoms with Gasteiger partial charge in [-0.2, -0.15) is 0 Å². The Bertz CT molecular complexity index is 643. The molecule has 6 heteroatoms. The van der Waals surface area contributed by atoms with Crippen molar-refractivity contribution in [2.24, 2.45) is 0 Å². The second-order valence-electron chi connectivity index (χ2n) is 4.84. The van der Waals surface area contributed by atoms with Crippen molar-refractivity contribution in [1.82, 2.24) is 10.6 Å². The fraction of sp³-hybridized carbons (Fsp3) is 0.250. The number of nitrogens with one attached hydrogen (secondary N) is 2. The number of rotatable bonds is 6. The van der Waals surface area contributed by atoms with Crippen molar-refractivity contribution in [3.8, 4) is 0 Å². The molecule has 0 aliphatic rings. The molecule has 0 aliphatic heterocycles. The minimum absolute atomic E-state index is 0.120. The summed E-state index contributed by atoms with van der Waals surface area (Å²) in [5.41, 5.74) is 0.433. The van der Waals surface area contributed by atoms with E-state index in [4.69, 9.17) is 0 Å². The van der Waals surface area contributed by atoms with Crippen LogP contribution in [0.2, 0.25) is 0 Å². The Kier molecular flexibility index (Phi) is 5.66. The van der Waals surface area contributed by atoms with E-state index in [1.165, 1.54) is 24.3 Å². The predicted molar refractivity (Wildman–Crippen MR) is 83.7 cm³/mol. The average molecular weight is 320 g/mol. The minimum atomic E-state index is -0.363. The fourth-order valence-electron chi connectivity index (χ4n) is 2.05. The highest BCUT2D eigenvalue weighted by molar-refractivity contribution is 7.10. The third-order valence-corrected chi connectivity index (χ3v) is 4.07. The van der Waals surface area contributed by atoms with Crippen LogP contribution in [0.25, 0.3) is 0 Å². The predicted octanol–water partition coefficient (Wildman–Crippen LogP) is 2.77. The third kappa shape index (κ3) is 4.66. The van der Waals surface area contributed by atoms with Gasteiger partial charge in [0.1, 0.15) is 5.82 Å². The van der Waals surface area contributed by atoms with Crippen LogP contribution >= 0.6 is 11.3 Å². The van der Waals surface area contributed by atoms with E-state index < -0.39 is 0 Å². The third-order valence-electron chi connectivity index (χ3n) is 3.09. The SMILES string of the molecule is CC(=O)N[C@H](CC(=O)NCc1ccccc1F)c1cccs1. The smallest absolute Gasteiger partial charge is 0.222 e. The Morgan fingerprint density at radius 2 is 2.00 bits per heavy atom. The molecule has 1 atom stereocenters. The molecule has 1 aromatic heterocycles. The highest BCUT2D eigenvalue weighted by Crippen LogP contribution is 2.22. The molecule has 0 aliphatic carbocycles. The molecule has 2 N–H and O–H groups in total. The molecular weight excluding hydrogens is 303 g/mol. The van der Waals surface area contributed by atoms with Gasteiger partial charge in [0.05, 0.1) is 12.5 Å². The molecule has 0 radical (unpaired) electrons. The molecule has 0 unspecified atom stereocenters. The molecule has 1 aromatic carbocycles. The number of thiophene rings is 1. The first-order valence-corrected chi connectivity index (χ1v) is 7.75. The van der Waals surface area contributed by atoms with Gasteiger partial charge in [-0.15, -0.1) is 11.3 Å². The normalized spacial score (nSPS) is 11.7. The monoisotopic (exact) mass is 320 g/mol. The van der Waals surface area contributed by atoms with E-state index >= 15 is 0 Å². The van der Waals surface area contributed by atoms with Gasteiger partial charge in [0.15, 0.2) is 0 Å². The summed E-state index contributed by atoms with van der Waals surface area (Å²) in [6, 6.07) is 9.67. The molecular formula is C16H17FN2O2S. The Hall–Kier alpha value is -2.21. The van der Waals surface area contributed by atoms with Crippen LogP contribution in [0.4, 0.5) is 4.39 Å². The molecule has 0 spiro atoms. The maximum atomic E-state index is 13.5. The standard InChI is InChI=1S/C16H17FN2O2S/c1-11(20)19-14(15-7-4-8-22-15)9-16(21)18-10-12-5-2-3-6-13(12)17/h2-8,14H,9-10H2,1H3,(H,18,21)(H,19,20)/t14-/m1/s1. The van der Waals surface area contributed by atoms with Gasteiger partial charge in [-0.1, -0.05) is 24.3 Å². The van der Waals surface area contributed by atoms with Crippen molar-refractivity contribution in [3.63, 3.8) is 0 Å². The summed E-state index contributed by atoms with van der Waals surface area (Å²) in [6.07, 6.45) is 0.120. The molecule has 2 amide bonds. The largest absolute Gasteiger partial charge is 0.352 e. The zero-order chi connectivity index (χ0) is 15.9. The first kappa shape index (κ1) is 16.2. The summed E-state index contributed by atoms with van der Waals surface area (Å²) in [4.78, 5) is 24.2. The Labute approximate surface area is 132 Å². The van der Waals surface area contributed by atoms with Crippen LogP contribution in [0.1, 0.15) is 29.8 Å². The van der Waals surface area contributed by atoms with Gasteiger partial charge in [0.25, 0.3) is 0 Å². The number of benzene rings is 1. The Morgan fingerprint density at radius 3 is 2.64 bits per heavy atom. The molecule has 4 nitrogen and oxygen atoms in total. The summed E-state index contributed by atoms with van der Waals surface area (Å²) < 4.78 is 13.5. The lowest BCUT2D eigenvalue weighted by Gasteiger charge is -2.16. The summed E-state index contributed by atoms with van der Waals surface area (Å²) in [6.45, 7) is 1.54. The molecule has 0 saturated heterocycles. The summed E-state index contributed by atoms with van der Waals surface area (Å²) >= 11 is 1.48. The van der Waals surface area contributed by atoms with Crippen molar-refractivity contribution in [2.45, 2.75) is 25.9 Å². The van der Waals surface area contributed by atoms with Gasteiger partial charge in [0.2, 0.25) is 11.8 Å². The number of halogens is 1. The zero-order valence-corrected chi connectivity index (χ0v) is 13.0. The van der Waals surface area contributed by atoms with Crippen molar-refractivity contribution in [3.05, 3.63) is 58.0 Å². The lowest BCUT2D eigenvalue weighted by molar-refractivity contribution is -0.122. The van der Waals surface area contributed by atoms with E-state index in [2.05, 4.69) is 10.6 Å².